The van der Waals surface area contributed by atoms with E-state index in [1.54, 1.807) is 13.0 Å². The average molecular weight is 161 g/mol. The van der Waals surface area contributed by atoms with Crippen LogP contribution in [0.5, 0.6) is 5.88 Å². The van der Waals surface area contributed by atoms with Crippen molar-refractivity contribution < 1.29 is 4.74 Å². The van der Waals surface area contributed by atoms with Crippen LogP contribution in [0.1, 0.15) is 12.6 Å². The second-order valence-corrected chi connectivity index (χ2v) is 2.66. The maximum absolute atomic E-state index is 5.55. The Labute approximate surface area is 64.3 Å². The number of nitrogens with one attached hydrogen (secondary N) is 1. The van der Waals surface area contributed by atoms with Crippen LogP contribution in [-0.2, 0) is 0 Å². The standard InChI is InChI=1S/C6H9ClN2O/c1-4-3-6(9-8-4)10-5(2)7/h3,5H,1-2H3,(H,8,9). The molecule has 0 bridgehead atoms. The first kappa shape index (κ1) is 7.41. The van der Waals surface area contributed by atoms with Gasteiger partial charge in [-0.3, -0.25) is 5.10 Å². The van der Waals surface area contributed by atoms with Gasteiger partial charge in [-0.05, 0) is 13.8 Å². The Kier molecular flexibility index (Phi) is 2.17. The topological polar surface area (TPSA) is 37.9 Å². The van der Waals surface area contributed by atoms with Gasteiger partial charge in [0.05, 0.1) is 0 Å². The third kappa shape index (κ3) is 1.92. The lowest BCUT2D eigenvalue weighted by Gasteiger charge is -2.01. The molecule has 0 aliphatic heterocycles. The minimum atomic E-state index is -0.331. The molecule has 1 N–H and O–H groups in total. The SMILES string of the molecule is Cc1cc(OC(C)Cl)n[nH]1. The van der Waals surface area contributed by atoms with Crippen LogP contribution in [-0.4, -0.2) is 15.8 Å². The molecule has 1 atom stereocenters. The summed E-state index contributed by atoms with van der Waals surface area (Å²) in [6, 6.07) is 1.79. The smallest absolute Gasteiger partial charge is 0.234 e. The van der Waals surface area contributed by atoms with Gasteiger partial charge >= 0.3 is 0 Å². The highest BCUT2D eigenvalue weighted by Crippen LogP contribution is 2.10. The van der Waals surface area contributed by atoms with Crippen LogP contribution in [0.2, 0.25) is 0 Å². The first-order chi connectivity index (χ1) is 4.68. The lowest BCUT2D eigenvalue weighted by Crippen LogP contribution is -2.02. The van der Waals surface area contributed by atoms with Crippen LogP contribution >= 0.6 is 11.6 Å². The monoisotopic (exact) mass is 160 g/mol. The molecule has 0 aliphatic carbocycles. The molecule has 4 heteroatoms. The van der Waals surface area contributed by atoms with Gasteiger partial charge in [-0.25, -0.2) is 0 Å². The fraction of sp³-hybridized carbons (Fsp3) is 0.500. The fourth-order valence-electron chi connectivity index (χ4n) is 0.620. The Bertz CT molecular complexity index is 209. The fourth-order valence-corrected chi connectivity index (χ4v) is 0.711. The number of rotatable bonds is 2. The van der Waals surface area contributed by atoms with E-state index in [2.05, 4.69) is 10.2 Å². The van der Waals surface area contributed by atoms with Crippen molar-refractivity contribution in [2.75, 3.05) is 0 Å². The number of aromatic amines is 1. The molecule has 56 valence electrons. The highest BCUT2D eigenvalue weighted by Gasteiger charge is 2.00. The molecule has 0 fully saturated rings. The summed E-state index contributed by atoms with van der Waals surface area (Å²) in [6.45, 7) is 3.64. The van der Waals surface area contributed by atoms with Crippen molar-refractivity contribution in [3.63, 3.8) is 0 Å². The second kappa shape index (κ2) is 2.92. The molecule has 0 radical (unpaired) electrons. The molecule has 1 aromatic heterocycles. The summed E-state index contributed by atoms with van der Waals surface area (Å²) < 4.78 is 5.06. The predicted octanol–water partition coefficient (Wildman–Crippen LogP) is 1.68. The van der Waals surface area contributed by atoms with Crippen LogP contribution in [0, 0.1) is 6.92 Å². The van der Waals surface area contributed by atoms with Gasteiger partial charge in [0.25, 0.3) is 0 Å². The zero-order chi connectivity index (χ0) is 7.56. The van der Waals surface area contributed by atoms with E-state index in [9.17, 15) is 0 Å². The van der Waals surface area contributed by atoms with Gasteiger partial charge < -0.3 is 4.74 Å². The Morgan fingerprint density at radius 1 is 1.80 bits per heavy atom. The highest BCUT2D eigenvalue weighted by atomic mass is 35.5. The van der Waals surface area contributed by atoms with E-state index < -0.39 is 0 Å². The third-order valence-electron chi connectivity index (χ3n) is 0.966. The largest absolute Gasteiger partial charge is 0.457 e. The van der Waals surface area contributed by atoms with Crippen molar-refractivity contribution in [2.24, 2.45) is 0 Å². The van der Waals surface area contributed by atoms with Gasteiger partial charge in [0.2, 0.25) is 5.88 Å². The summed E-state index contributed by atoms with van der Waals surface area (Å²) in [7, 11) is 0. The zero-order valence-corrected chi connectivity index (χ0v) is 6.64. The summed E-state index contributed by atoms with van der Waals surface area (Å²) in [5.41, 5.74) is 0.634. The third-order valence-corrected chi connectivity index (χ3v) is 1.05. The Morgan fingerprint density at radius 2 is 2.50 bits per heavy atom. The minimum Gasteiger partial charge on any atom is -0.457 e. The number of H-pyrrole nitrogens is 1. The van der Waals surface area contributed by atoms with E-state index in [0.717, 1.165) is 5.69 Å². The molecule has 1 heterocycles. The van der Waals surface area contributed by atoms with Crippen LogP contribution in [0.15, 0.2) is 6.07 Å². The van der Waals surface area contributed by atoms with E-state index in [1.165, 1.54) is 0 Å². The van der Waals surface area contributed by atoms with Crippen molar-refractivity contribution in [3.8, 4) is 5.88 Å². The number of alkyl halides is 1. The number of hydrogen-bond donors (Lipinski definition) is 1. The molecule has 0 spiro atoms. The molecule has 1 unspecified atom stereocenters. The van der Waals surface area contributed by atoms with Crippen molar-refractivity contribution in [2.45, 2.75) is 19.4 Å². The molecule has 0 saturated carbocycles. The van der Waals surface area contributed by atoms with Gasteiger partial charge in [-0.1, -0.05) is 11.6 Å². The average Bonchev–Trinajstić information content (AvgIpc) is 2.13. The summed E-state index contributed by atoms with van der Waals surface area (Å²) in [5.74, 6) is 0.542. The predicted molar refractivity (Wildman–Crippen MR) is 39.3 cm³/mol. The number of aryl methyl sites for hydroxylation is 1. The Hall–Kier alpha value is -0.700. The Morgan fingerprint density at radius 3 is 2.90 bits per heavy atom. The summed E-state index contributed by atoms with van der Waals surface area (Å²) in [4.78, 5) is 0. The molecule has 10 heavy (non-hydrogen) atoms. The quantitative estimate of drug-likeness (QED) is 0.669. The van der Waals surface area contributed by atoms with Crippen molar-refractivity contribution in [3.05, 3.63) is 11.8 Å². The second-order valence-electron chi connectivity index (χ2n) is 2.05. The number of ether oxygens (including phenoxy) is 1. The van der Waals surface area contributed by atoms with Gasteiger partial charge in [0, 0.05) is 11.8 Å². The number of halogens is 1. The molecule has 0 aliphatic rings. The van der Waals surface area contributed by atoms with E-state index in [4.69, 9.17) is 16.3 Å². The summed E-state index contributed by atoms with van der Waals surface area (Å²) in [6.07, 6.45) is 0. The number of nitrogens with zero attached hydrogens (tertiary/aromatic N) is 1. The normalized spacial score (nSPS) is 13.1. The number of aromatic nitrogens is 2. The van der Waals surface area contributed by atoms with Crippen molar-refractivity contribution in [1.29, 1.82) is 0 Å². The van der Waals surface area contributed by atoms with Crippen LogP contribution in [0.3, 0.4) is 0 Å². The molecule has 0 aromatic carbocycles. The Balaban J connectivity index is 2.58. The molecular formula is C6H9ClN2O. The van der Waals surface area contributed by atoms with Crippen molar-refractivity contribution in [1.82, 2.24) is 10.2 Å². The maximum atomic E-state index is 5.55. The molecule has 1 aromatic rings. The van der Waals surface area contributed by atoms with Crippen LogP contribution in [0.4, 0.5) is 0 Å². The highest BCUT2D eigenvalue weighted by molar-refractivity contribution is 6.19. The van der Waals surface area contributed by atoms with Gasteiger partial charge in [0.1, 0.15) is 0 Å². The first-order valence-corrected chi connectivity index (χ1v) is 3.45. The van der Waals surface area contributed by atoms with Gasteiger partial charge in [0.15, 0.2) is 5.56 Å². The van der Waals surface area contributed by atoms with E-state index in [0.29, 0.717) is 5.88 Å². The first-order valence-electron chi connectivity index (χ1n) is 3.01. The van der Waals surface area contributed by atoms with Gasteiger partial charge in [-0.15, -0.1) is 5.10 Å². The van der Waals surface area contributed by atoms with Crippen LogP contribution in [0.25, 0.3) is 0 Å². The summed E-state index contributed by atoms with van der Waals surface area (Å²) >= 11 is 5.55. The van der Waals surface area contributed by atoms with Crippen LogP contribution < -0.4 is 4.74 Å². The minimum absolute atomic E-state index is 0.331. The molecule has 3 nitrogen and oxygen atoms in total. The molecule has 0 saturated heterocycles. The number of hydrogen-bond acceptors (Lipinski definition) is 2. The zero-order valence-electron chi connectivity index (χ0n) is 5.89. The molecular weight excluding hydrogens is 152 g/mol. The molecule has 0 amide bonds. The van der Waals surface area contributed by atoms with Gasteiger partial charge in [-0.2, -0.15) is 0 Å². The lowest BCUT2D eigenvalue weighted by molar-refractivity contribution is 0.289. The van der Waals surface area contributed by atoms with Crippen molar-refractivity contribution >= 4 is 11.6 Å². The van der Waals surface area contributed by atoms with E-state index in [1.807, 2.05) is 6.92 Å². The molecule has 1 rings (SSSR count). The summed E-state index contributed by atoms with van der Waals surface area (Å²) in [5, 5.41) is 6.56. The van der Waals surface area contributed by atoms with E-state index in [-0.39, 0.29) is 5.56 Å². The van der Waals surface area contributed by atoms with E-state index >= 15 is 0 Å². The lowest BCUT2D eigenvalue weighted by atomic mass is 10.5. The maximum Gasteiger partial charge on any atom is 0.234 e.